The largest absolute Gasteiger partial charge is 0.493 e. The summed E-state index contributed by atoms with van der Waals surface area (Å²) in [6.07, 6.45) is 3.43. The number of likely N-dealkylation sites (tertiary alicyclic amines) is 2. The fourth-order valence-corrected chi connectivity index (χ4v) is 4.67. The Morgan fingerprint density at radius 1 is 1.03 bits per heavy atom. The number of furan rings is 1. The zero-order valence-electron chi connectivity index (χ0n) is 16.8. The summed E-state index contributed by atoms with van der Waals surface area (Å²) >= 11 is 0. The van der Waals surface area contributed by atoms with E-state index in [1.165, 1.54) is 6.26 Å². The third kappa shape index (κ3) is 4.47. The van der Waals surface area contributed by atoms with Crippen molar-refractivity contribution in [2.45, 2.75) is 19.8 Å². The van der Waals surface area contributed by atoms with Crippen molar-refractivity contribution in [3.8, 4) is 5.75 Å². The van der Waals surface area contributed by atoms with Gasteiger partial charge in [0.15, 0.2) is 5.76 Å². The summed E-state index contributed by atoms with van der Waals surface area (Å²) in [6, 6.07) is 13.3. The lowest BCUT2D eigenvalue weighted by Gasteiger charge is -2.36. The molecule has 2 aliphatic rings. The van der Waals surface area contributed by atoms with Gasteiger partial charge in [0.1, 0.15) is 5.75 Å². The number of piperidine rings is 1. The monoisotopic (exact) mass is 396 g/mol. The molecule has 2 atom stereocenters. The molecule has 2 fully saturated rings. The lowest BCUT2D eigenvalue weighted by Crippen LogP contribution is -2.41. The van der Waals surface area contributed by atoms with Gasteiger partial charge in [-0.15, -0.1) is 0 Å². The van der Waals surface area contributed by atoms with Crippen LogP contribution in [0.4, 0.5) is 0 Å². The first-order valence-corrected chi connectivity index (χ1v) is 10.4. The molecule has 2 aromatic rings. The molecule has 0 bridgehead atoms. The summed E-state index contributed by atoms with van der Waals surface area (Å²) in [4.78, 5) is 28.3. The lowest BCUT2D eigenvalue weighted by molar-refractivity contribution is -0.128. The van der Waals surface area contributed by atoms with E-state index in [1.54, 1.807) is 19.1 Å². The number of hydrogen-bond donors (Lipinski definition) is 0. The first kappa shape index (κ1) is 19.6. The molecule has 0 aliphatic carbocycles. The van der Waals surface area contributed by atoms with Crippen LogP contribution in [0.5, 0.6) is 5.75 Å². The van der Waals surface area contributed by atoms with E-state index >= 15 is 0 Å². The minimum Gasteiger partial charge on any atom is -0.493 e. The van der Waals surface area contributed by atoms with Gasteiger partial charge in [-0.2, -0.15) is 0 Å². The predicted molar refractivity (Wildman–Crippen MR) is 109 cm³/mol. The highest BCUT2D eigenvalue weighted by Gasteiger charge is 2.40. The van der Waals surface area contributed by atoms with E-state index in [9.17, 15) is 9.59 Å². The van der Waals surface area contributed by atoms with Gasteiger partial charge in [0.2, 0.25) is 5.91 Å². The standard InChI is InChI=1S/C23H28N2O4/c1-17(26)25-14-19(16-29-20-6-3-2-4-7-20)21(15-25)18-9-11-24(12-10-18)23(27)22-8-5-13-28-22/h2-8,13,18-19,21H,9-12,14-16H2,1H3/t19-,21-/m0/s1. The number of benzene rings is 1. The van der Waals surface area contributed by atoms with E-state index in [0.717, 1.165) is 44.8 Å². The maximum absolute atomic E-state index is 12.5. The van der Waals surface area contributed by atoms with Crippen molar-refractivity contribution in [1.29, 1.82) is 0 Å². The zero-order chi connectivity index (χ0) is 20.2. The molecule has 6 heteroatoms. The normalized spacial score (nSPS) is 22.7. The van der Waals surface area contributed by atoms with Crippen molar-refractivity contribution in [1.82, 2.24) is 9.80 Å². The molecule has 29 heavy (non-hydrogen) atoms. The average Bonchev–Trinajstić information content (AvgIpc) is 3.43. The van der Waals surface area contributed by atoms with Crippen molar-refractivity contribution in [3.63, 3.8) is 0 Å². The van der Waals surface area contributed by atoms with E-state index in [4.69, 9.17) is 9.15 Å². The van der Waals surface area contributed by atoms with Crippen LogP contribution in [0, 0.1) is 17.8 Å². The van der Waals surface area contributed by atoms with Gasteiger partial charge in [0.25, 0.3) is 5.91 Å². The summed E-state index contributed by atoms with van der Waals surface area (Å²) in [7, 11) is 0. The van der Waals surface area contributed by atoms with E-state index in [2.05, 4.69) is 0 Å². The third-order valence-corrected chi connectivity index (χ3v) is 6.31. The highest BCUT2D eigenvalue weighted by molar-refractivity contribution is 5.91. The van der Waals surface area contributed by atoms with Gasteiger partial charge in [-0.1, -0.05) is 18.2 Å². The van der Waals surface area contributed by atoms with Gasteiger partial charge in [0, 0.05) is 39.0 Å². The van der Waals surface area contributed by atoms with Crippen LogP contribution in [0.15, 0.2) is 53.1 Å². The second-order valence-electron chi connectivity index (χ2n) is 8.08. The molecule has 1 aromatic heterocycles. The summed E-state index contributed by atoms with van der Waals surface area (Å²) in [5.74, 6) is 2.58. The molecule has 2 aliphatic heterocycles. The second kappa shape index (κ2) is 8.72. The SMILES string of the molecule is CC(=O)N1C[C@@H](COc2ccccc2)[C@H](C2CCN(C(=O)c3ccco3)CC2)C1. The number of rotatable bonds is 5. The minimum atomic E-state index is -0.0332. The molecular formula is C23H28N2O4. The van der Waals surface area contributed by atoms with E-state index in [0.29, 0.717) is 30.1 Å². The van der Waals surface area contributed by atoms with Gasteiger partial charge < -0.3 is 19.0 Å². The van der Waals surface area contributed by atoms with Crippen molar-refractivity contribution in [3.05, 3.63) is 54.5 Å². The molecule has 0 radical (unpaired) electrons. The Labute approximate surface area is 171 Å². The second-order valence-corrected chi connectivity index (χ2v) is 8.08. The van der Waals surface area contributed by atoms with Crippen molar-refractivity contribution in [2.24, 2.45) is 17.8 Å². The van der Waals surface area contributed by atoms with Gasteiger partial charge >= 0.3 is 0 Å². The van der Waals surface area contributed by atoms with Crippen LogP contribution >= 0.6 is 0 Å². The Balaban J connectivity index is 1.37. The van der Waals surface area contributed by atoms with Crippen molar-refractivity contribution < 1.29 is 18.7 Å². The molecular weight excluding hydrogens is 368 g/mol. The van der Waals surface area contributed by atoms with Crippen LogP contribution in [0.3, 0.4) is 0 Å². The maximum Gasteiger partial charge on any atom is 0.289 e. The highest BCUT2D eigenvalue weighted by atomic mass is 16.5. The van der Waals surface area contributed by atoms with Gasteiger partial charge in [-0.25, -0.2) is 0 Å². The molecule has 0 spiro atoms. The van der Waals surface area contributed by atoms with E-state index < -0.39 is 0 Å². The Bertz CT molecular complexity index is 813. The average molecular weight is 396 g/mol. The maximum atomic E-state index is 12.5. The molecule has 0 unspecified atom stereocenters. The Hall–Kier alpha value is -2.76. The molecule has 1 aromatic carbocycles. The molecule has 0 saturated carbocycles. The third-order valence-electron chi connectivity index (χ3n) is 6.31. The number of ether oxygens (including phenoxy) is 1. The number of nitrogens with zero attached hydrogens (tertiary/aromatic N) is 2. The minimum absolute atomic E-state index is 0.0332. The van der Waals surface area contributed by atoms with Gasteiger partial charge in [-0.3, -0.25) is 9.59 Å². The van der Waals surface area contributed by atoms with Crippen molar-refractivity contribution in [2.75, 3.05) is 32.8 Å². The number of para-hydroxylation sites is 1. The molecule has 6 nitrogen and oxygen atoms in total. The fraction of sp³-hybridized carbons (Fsp3) is 0.478. The molecule has 2 saturated heterocycles. The lowest BCUT2D eigenvalue weighted by atomic mass is 9.78. The molecule has 3 heterocycles. The van der Waals surface area contributed by atoms with E-state index in [-0.39, 0.29) is 11.8 Å². The Kier molecular flexibility index (Phi) is 5.88. The topological polar surface area (TPSA) is 63.0 Å². The predicted octanol–water partition coefficient (Wildman–Crippen LogP) is 3.31. The molecule has 0 N–H and O–H groups in total. The van der Waals surface area contributed by atoms with Gasteiger partial charge in [-0.05, 0) is 48.9 Å². The van der Waals surface area contributed by atoms with Crippen LogP contribution in [-0.4, -0.2) is 54.4 Å². The summed E-state index contributed by atoms with van der Waals surface area (Å²) in [6.45, 7) is 5.25. The molecule has 2 amide bonds. The van der Waals surface area contributed by atoms with Crippen LogP contribution < -0.4 is 4.74 Å². The van der Waals surface area contributed by atoms with Crippen LogP contribution in [0.2, 0.25) is 0 Å². The number of amides is 2. The summed E-state index contributed by atoms with van der Waals surface area (Å²) in [5, 5.41) is 0. The number of hydrogen-bond acceptors (Lipinski definition) is 4. The van der Waals surface area contributed by atoms with E-state index in [1.807, 2.05) is 40.1 Å². The van der Waals surface area contributed by atoms with Crippen molar-refractivity contribution >= 4 is 11.8 Å². The van der Waals surface area contributed by atoms with Crippen LogP contribution in [-0.2, 0) is 4.79 Å². The molecule has 4 rings (SSSR count). The quantitative estimate of drug-likeness (QED) is 0.778. The number of carbonyl (C=O) groups is 2. The summed E-state index contributed by atoms with van der Waals surface area (Å²) < 4.78 is 11.3. The first-order valence-electron chi connectivity index (χ1n) is 10.4. The fourth-order valence-electron chi connectivity index (χ4n) is 4.67. The van der Waals surface area contributed by atoms with Crippen LogP contribution in [0.25, 0.3) is 0 Å². The summed E-state index contributed by atoms with van der Waals surface area (Å²) in [5.41, 5.74) is 0. The number of carbonyl (C=O) groups excluding carboxylic acids is 2. The van der Waals surface area contributed by atoms with Gasteiger partial charge in [0.05, 0.1) is 12.9 Å². The Morgan fingerprint density at radius 2 is 1.79 bits per heavy atom. The van der Waals surface area contributed by atoms with Crippen LogP contribution in [0.1, 0.15) is 30.3 Å². The Morgan fingerprint density at radius 3 is 2.45 bits per heavy atom. The zero-order valence-corrected chi connectivity index (χ0v) is 16.8. The first-order chi connectivity index (χ1) is 14.1. The molecule has 154 valence electrons. The smallest absolute Gasteiger partial charge is 0.289 e. The highest BCUT2D eigenvalue weighted by Crippen LogP contribution is 2.36.